The zero-order valence-electron chi connectivity index (χ0n) is 14.8. The van der Waals surface area contributed by atoms with Gasteiger partial charge in [0.1, 0.15) is 11.4 Å². The molecule has 1 N–H and O–H groups in total. The summed E-state index contributed by atoms with van der Waals surface area (Å²) in [6.07, 6.45) is -0.624. The number of amides is 1. The summed E-state index contributed by atoms with van der Waals surface area (Å²) in [6.45, 7) is 0.0347. The van der Waals surface area contributed by atoms with E-state index in [0.717, 1.165) is 6.42 Å². The number of halogens is 3. The second-order valence-electron chi connectivity index (χ2n) is 6.46. The predicted molar refractivity (Wildman–Crippen MR) is 91.4 cm³/mol. The lowest BCUT2D eigenvalue weighted by Crippen LogP contribution is -2.33. The number of carbonyl (C=O) groups excluding carboxylic acids is 1. The first-order valence-corrected chi connectivity index (χ1v) is 8.67. The van der Waals surface area contributed by atoms with Crippen LogP contribution in [0, 0.1) is 0 Å². The van der Waals surface area contributed by atoms with Crippen molar-refractivity contribution in [1.82, 2.24) is 19.9 Å². The Hall–Kier alpha value is -2.71. The number of hydrogen-bond acceptors (Lipinski definition) is 4. The fourth-order valence-electron chi connectivity index (χ4n) is 3.14. The maximum atomic E-state index is 13.3. The fourth-order valence-corrected chi connectivity index (χ4v) is 3.14. The molecule has 0 saturated heterocycles. The number of hydrogen-bond donors (Lipinski definition) is 1. The van der Waals surface area contributed by atoms with Gasteiger partial charge in [-0.25, -0.2) is 9.97 Å². The van der Waals surface area contributed by atoms with Gasteiger partial charge in [0.15, 0.2) is 5.69 Å². The monoisotopic (exact) mass is 380 g/mol. The third-order valence-electron chi connectivity index (χ3n) is 4.50. The molecular formula is C18H19F3N4O2. The van der Waals surface area contributed by atoms with Crippen molar-refractivity contribution in [2.45, 2.75) is 38.3 Å². The van der Waals surface area contributed by atoms with Gasteiger partial charge in [0, 0.05) is 37.5 Å². The highest BCUT2D eigenvalue weighted by molar-refractivity contribution is 5.93. The molecule has 0 spiro atoms. The molecule has 2 heterocycles. The van der Waals surface area contributed by atoms with Gasteiger partial charge in [-0.1, -0.05) is 0 Å². The highest BCUT2D eigenvalue weighted by Crippen LogP contribution is 2.34. The van der Waals surface area contributed by atoms with Gasteiger partial charge in [0.05, 0.1) is 0 Å². The van der Waals surface area contributed by atoms with Crippen LogP contribution in [0.25, 0.3) is 0 Å². The summed E-state index contributed by atoms with van der Waals surface area (Å²) in [5.41, 5.74) is -0.705. The van der Waals surface area contributed by atoms with E-state index in [1.165, 1.54) is 23.9 Å². The van der Waals surface area contributed by atoms with Crippen LogP contribution in [0.3, 0.4) is 0 Å². The van der Waals surface area contributed by atoms with Crippen molar-refractivity contribution in [3.63, 3.8) is 0 Å². The Kier molecular flexibility index (Phi) is 5.29. The van der Waals surface area contributed by atoms with Crippen LogP contribution in [-0.2, 0) is 32.5 Å². The first-order chi connectivity index (χ1) is 12.8. The molecule has 9 heteroatoms. The molecule has 2 aromatic rings. The predicted octanol–water partition coefficient (Wildman–Crippen LogP) is 2.05. The van der Waals surface area contributed by atoms with Crippen LogP contribution in [0.2, 0.25) is 0 Å². The van der Waals surface area contributed by atoms with Crippen molar-refractivity contribution in [3.05, 3.63) is 57.0 Å². The number of aromatic nitrogens is 3. The van der Waals surface area contributed by atoms with Gasteiger partial charge in [0.2, 0.25) is 0 Å². The van der Waals surface area contributed by atoms with Crippen LogP contribution in [-0.4, -0.2) is 27.0 Å². The number of pyridine rings is 1. The summed E-state index contributed by atoms with van der Waals surface area (Å²) >= 11 is 0. The van der Waals surface area contributed by atoms with E-state index in [4.69, 9.17) is 0 Å². The summed E-state index contributed by atoms with van der Waals surface area (Å²) in [4.78, 5) is 32.0. The maximum absolute atomic E-state index is 13.3. The van der Waals surface area contributed by atoms with E-state index in [1.807, 2.05) is 0 Å². The van der Waals surface area contributed by atoms with Gasteiger partial charge < -0.3 is 9.88 Å². The molecule has 0 bridgehead atoms. The highest BCUT2D eigenvalue weighted by atomic mass is 19.4. The molecule has 0 unspecified atom stereocenters. The molecule has 144 valence electrons. The van der Waals surface area contributed by atoms with Gasteiger partial charge in [-0.05, 0) is 37.8 Å². The van der Waals surface area contributed by atoms with E-state index in [0.29, 0.717) is 25.0 Å². The van der Waals surface area contributed by atoms with Gasteiger partial charge in [-0.15, -0.1) is 0 Å². The molecule has 1 amide bonds. The quantitative estimate of drug-likeness (QED) is 0.881. The molecular weight excluding hydrogens is 361 g/mol. The van der Waals surface area contributed by atoms with E-state index in [1.54, 1.807) is 6.07 Å². The molecule has 27 heavy (non-hydrogen) atoms. The molecule has 0 radical (unpaired) electrons. The minimum atomic E-state index is -4.53. The van der Waals surface area contributed by atoms with Crippen molar-refractivity contribution < 1.29 is 18.0 Å². The van der Waals surface area contributed by atoms with Crippen LogP contribution < -0.4 is 10.9 Å². The maximum Gasteiger partial charge on any atom is 0.433 e. The topological polar surface area (TPSA) is 76.9 Å². The Morgan fingerprint density at radius 3 is 2.74 bits per heavy atom. The van der Waals surface area contributed by atoms with Gasteiger partial charge in [0.25, 0.3) is 11.5 Å². The Balaban J connectivity index is 1.74. The third kappa shape index (κ3) is 4.17. The lowest BCUT2D eigenvalue weighted by Gasteiger charge is -2.20. The van der Waals surface area contributed by atoms with Crippen LogP contribution in [0.5, 0.6) is 0 Å². The third-order valence-corrected chi connectivity index (χ3v) is 4.50. The normalized spacial score (nSPS) is 13.9. The van der Waals surface area contributed by atoms with E-state index in [-0.39, 0.29) is 29.9 Å². The largest absolute Gasteiger partial charge is 0.433 e. The molecule has 1 aliphatic rings. The number of alkyl halides is 3. The zero-order chi connectivity index (χ0) is 19.6. The Bertz CT molecular complexity index is 922. The molecule has 3 rings (SSSR count). The van der Waals surface area contributed by atoms with Crippen LogP contribution in [0.15, 0.2) is 23.1 Å². The number of fused-ring (bicyclic) bond motifs is 1. The molecule has 1 aliphatic carbocycles. The van der Waals surface area contributed by atoms with Crippen LogP contribution in [0.4, 0.5) is 13.2 Å². The number of nitrogens with zero attached hydrogens (tertiary/aromatic N) is 3. The molecule has 0 atom stereocenters. The second-order valence-corrected chi connectivity index (χ2v) is 6.46. The summed E-state index contributed by atoms with van der Waals surface area (Å²) in [6, 6.07) is 2.97. The Morgan fingerprint density at radius 2 is 2.00 bits per heavy atom. The number of aryl methyl sites for hydroxylation is 2. The molecule has 0 saturated carbocycles. The van der Waals surface area contributed by atoms with E-state index >= 15 is 0 Å². The minimum absolute atomic E-state index is 0.0256. The van der Waals surface area contributed by atoms with Crippen molar-refractivity contribution >= 4 is 5.91 Å². The van der Waals surface area contributed by atoms with Crippen LogP contribution in [0.1, 0.15) is 46.0 Å². The fraction of sp³-hybridized carbons (Fsp3) is 0.444. The number of carbonyl (C=O) groups is 1. The lowest BCUT2D eigenvalue weighted by molar-refractivity contribution is -0.142. The first kappa shape index (κ1) is 19.1. The second kappa shape index (κ2) is 7.50. The number of nitrogens with one attached hydrogen (secondary N) is 1. The van der Waals surface area contributed by atoms with Crippen molar-refractivity contribution in [3.8, 4) is 0 Å². The Labute approximate surface area is 153 Å². The van der Waals surface area contributed by atoms with Crippen molar-refractivity contribution in [2.24, 2.45) is 7.05 Å². The lowest BCUT2D eigenvalue weighted by atomic mass is 9.94. The van der Waals surface area contributed by atoms with Crippen LogP contribution >= 0.6 is 0 Å². The summed E-state index contributed by atoms with van der Waals surface area (Å²) in [7, 11) is 1.53. The SMILES string of the molecule is Cn1cccc(C(=O)NCCc2nc3c(c(C(F)(F)F)n2)CCCC3)c1=O. The Morgan fingerprint density at radius 1 is 1.26 bits per heavy atom. The van der Waals surface area contributed by atoms with E-state index in [9.17, 15) is 22.8 Å². The summed E-state index contributed by atoms with van der Waals surface area (Å²) in [5, 5.41) is 2.54. The van der Waals surface area contributed by atoms with E-state index < -0.39 is 23.3 Å². The number of rotatable bonds is 4. The zero-order valence-corrected chi connectivity index (χ0v) is 14.8. The van der Waals surface area contributed by atoms with Crippen molar-refractivity contribution in [1.29, 1.82) is 0 Å². The minimum Gasteiger partial charge on any atom is -0.351 e. The standard InChI is InChI=1S/C18H19F3N4O2/c1-25-10-4-6-12(17(25)27)16(26)22-9-8-14-23-13-7-3-2-5-11(13)15(24-14)18(19,20)21/h4,6,10H,2-3,5,7-9H2,1H3,(H,22,26). The average molecular weight is 380 g/mol. The van der Waals surface area contributed by atoms with Gasteiger partial charge >= 0.3 is 6.18 Å². The molecule has 0 aromatic carbocycles. The smallest absolute Gasteiger partial charge is 0.351 e. The summed E-state index contributed by atoms with van der Waals surface area (Å²) in [5.74, 6) is -0.533. The highest BCUT2D eigenvalue weighted by Gasteiger charge is 2.37. The van der Waals surface area contributed by atoms with E-state index in [2.05, 4.69) is 15.3 Å². The average Bonchev–Trinajstić information content (AvgIpc) is 2.62. The molecule has 0 fully saturated rings. The molecule has 0 aliphatic heterocycles. The molecule has 6 nitrogen and oxygen atoms in total. The molecule has 2 aromatic heterocycles. The van der Waals surface area contributed by atoms with Gasteiger partial charge in [-0.2, -0.15) is 13.2 Å². The van der Waals surface area contributed by atoms with Crippen molar-refractivity contribution in [2.75, 3.05) is 6.54 Å². The van der Waals surface area contributed by atoms with Gasteiger partial charge in [-0.3, -0.25) is 9.59 Å². The summed E-state index contributed by atoms with van der Waals surface area (Å²) < 4.78 is 41.2. The first-order valence-electron chi connectivity index (χ1n) is 8.67.